The first kappa shape index (κ1) is 30.6. The van der Waals surface area contributed by atoms with Crippen LogP contribution in [0.1, 0.15) is 83.7 Å². The van der Waals surface area contributed by atoms with Crippen molar-refractivity contribution in [2.24, 2.45) is 5.92 Å². The molecule has 37 heavy (non-hydrogen) atoms. The second-order valence-electron chi connectivity index (χ2n) is 10.3. The Morgan fingerprint density at radius 1 is 1.08 bits per heavy atom. The third-order valence-electron chi connectivity index (χ3n) is 7.27. The molecule has 0 atom stereocenters. The lowest BCUT2D eigenvalue weighted by Gasteiger charge is -2.29. The van der Waals surface area contributed by atoms with Crippen molar-refractivity contribution in [1.29, 1.82) is 0 Å². The molecule has 1 aliphatic rings. The highest BCUT2D eigenvalue weighted by Gasteiger charge is 2.17. The summed E-state index contributed by atoms with van der Waals surface area (Å²) in [5.41, 5.74) is 7.12. The zero-order chi connectivity index (χ0) is 27.2. The van der Waals surface area contributed by atoms with E-state index in [2.05, 4.69) is 68.3 Å². The van der Waals surface area contributed by atoms with Crippen LogP contribution in [0.5, 0.6) is 0 Å². The number of pyridine rings is 1. The number of anilines is 1. The number of aromatic nitrogens is 1. The topological polar surface area (TPSA) is 40.2 Å². The van der Waals surface area contributed by atoms with Crippen molar-refractivity contribution < 1.29 is 4.39 Å². The fourth-order valence-corrected chi connectivity index (χ4v) is 4.34. The van der Waals surface area contributed by atoms with Crippen LogP contribution in [-0.4, -0.2) is 43.1 Å². The highest BCUT2D eigenvalue weighted by atomic mass is 19.1. The van der Waals surface area contributed by atoms with E-state index in [1.54, 1.807) is 6.07 Å². The molecule has 2 N–H and O–H groups in total. The number of hydrogen-bond donors (Lipinski definition) is 2. The minimum absolute atomic E-state index is 0.189. The van der Waals surface area contributed by atoms with E-state index in [9.17, 15) is 4.39 Å². The van der Waals surface area contributed by atoms with Gasteiger partial charge >= 0.3 is 0 Å². The van der Waals surface area contributed by atoms with Gasteiger partial charge in [-0.05, 0) is 121 Å². The molecule has 1 saturated heterocycles. The van der Waals surface area contributed by atoms with Crippen molar-refractivity contribution in [1.82, 2.24) is 15.2 Å². The van der Waals surface area contributed by atoms with E-state index in [1.165, 1.54) is 37.8 Å². The van der Waals surface area contributed by atoms with Crippen LogP contribution in [0.15, 0.2) is 48.2 Å². The van der Waals surface area contributed by atoms with Gasteiger partial charge in [0.25, 0.3) is 0 Å². The predicted molar refractivity (Wildman–Crippen MR) is 159 cm³/mol. The molecule has 4 nitrogen and oxygen atoms in total. The van der Waals surface area contributed by atoms with Gasteiger partial charge < -0.3 is 15.5 Å². The van der Waals surface area contributed by atoms with Crippen LogP contribution in [0, 0.1) is 18.7 Å². The third-order valence-corrected chi connectivity index (χ3v) is 7.27. The van der Waals surface area contributed by atoms with Crippen LogP contribution < -0.4 is 10.6 Å². The summed E-state index contributed by atoms with van der Waals surface area (Å²) in [5, 5.41) is 6.68. The second kappa shape index (κ2) is 16.2. The Balaban J connectivity index is 0.000000410. The first-order chi connectivity index (χ1) is 17.7. The molecular weight excluding hydrogens is 459 g/mol. The molecule has 0 spiro atoms. The zero-order valence-corrected chi connectivity index (χ0v) is 24.3. The highest BCUT2D eigenvalue weighted by molar-refractivity contribution is 5.88. The lowest BCUT2D eigenvalue weighted by molar-refractivity contribution is 0.226. The molecule has 1 aromatic carbocycles. The third kappa shape index (κ3) is 10.7. The van der Waals surface area contributed by atoms with Crippen molar-refractivity contribution in [2.45, 2.75) is 73.6 Å². The first-order valence-electron chi connectivity index (χ1n) is 14.0. The molecule has 3 rings (SSSR count). The van der Waals surface area contributed by atoms with Gasteiger partial charge in [0, 0.05) is 24.5 Å². The van der Waals surface area contributed by atoms with E-state index in [4.69, 9.17) is 0 Å². The van der Waals surface area contributed by atoms with Crippen molar-refractivity contribution in [3.8, 4) is 0 Å². The molecular formula is C32H49FN4. The largest absolute Gasteiger partial charge is 0.389 e. The predicted octanol–water partition coefficient (Wildman–Crippen LogP) is 7.92. The van der Waals surface area contributed by atoms with E-state index in [0.29, 0.717) is 11.6 Å². The number of nitrogens with zero attached hydrogens (tertiary/aromatic N) is 2. The number of piperidine rings is 1. The molecule has 0 saturated carbocycles. The number of rotatable bonds is 10. The van der Waals surface area contributed by atoms with Crippen LogP contribution in [0.4, 0.5) is 10.1 Å². The summed E-state index contributed by atoms with van der Waals surface area (Å²) in [6.45, 7) is 16.7. The Labute approximate surface area is 225 Å². The van der Waals surface area contributed by atoms with Gasteiger partial charge in [0.2, 0.25) is 0 Å². The van der Waals surface area contributed by atoms with Crippen LogP contribution in [0.3, 0.4) is 0 Å². The number of aryl methyl sites for hydroxylation is 1. The Morgan fingerprint density at radius 3 is 2.46 bits per heavy atom. The van der Waals surface area contributed by atoms with Gasteiger partial charge in [-0.1, -0.05) is 38.0 Å². The normalized spacial score (nSPS) is 15.5. The summed E-state index contributed by atoms with van der Waals surface area (Å²) in [6, 6.07) is 11.4. The summed E-state index contributed by atoms with van der Waals surface area (Å²) in [7, 11) is 2.16. The smallest absolute Gasteiger partial charge is 0.146 e. The molecule has 1 aromatic heterocycles. The second-order valence-corrected chi connectivity index (χ2v) is 10.3. The number of halogens is 1. The molecule has 204 valence electrons. The summed E-state index contributed by atoms with van der Waals surface area (Å²) < 4.78 is 14.3. The molecule has 2 aromatic rings. The Bertz CT molecular complexity index is 1020. The zero-order valence-electron chi connectivity index (χ0n) is 24.3. The molecule has 0 bridgehead atoms. The van der Waals surface area contributed by atoms with Crippen molar-refractivity contribution >= 4 is 16.8 Å². The standard InChI is InChI=1S/C23H30FN3.C9H19N/c1-16-6-5-7-22(26-16)18(3)17(2)20-8-9-21(24)23(14-20)25-15-19-10-12-27(4)13-11-19;1-4-6-7-8-10-9(3)5-2/h5-9,14,19,25H,10-13,15H2,1-4H3;5,10H,4,6-8H2,1-3H3/b18-17-;9-5+. The van der Waals surface area contributed by atoms with Gasteiger partial charge in [-0.15, -0.1) is 0 Å². The summed E-state index contributed by atoms with van der Waals surface area (Å²) in [6.07, 6.45) is 8.37. The fraction of sp³-hybridized carbons (Fsp3) is 0.531. The summed E-state index contributed by atoms with van der Waals surface area (Å²) >= 11 is 0. The average molecular weight is 509 g/mol. The number of nitrogens with one attached hydrogen (secondary N) is 2. The van der Waals surface area contributed by atoms with Gasteiger partial charge in [0.15, 0.2) is 0 Å². The van der Waals surface area contributed by atoms with Crippen molar-refractivity contribution in [3.05, 3.63) is 70.9 Å². The van der Waals surface area contributed by atoms with E-state index in [1.807, 2.05) is 37.3 Å². The molecule has 0 unspecified atom stereocenters. The number of benzene rings is 1. The SMILES string of the molecule is C/C(=C(\C)c1cccc(C)n1)c1ccc(F)c(NCC2CCN(C)CC2)c1.C/C=C(\C)NCCCCC. The van der Waals surface area contributed by atoms with E-state index in [0.717, 1.165) is 54.3 Å². The van der Waals surface area contributed by atoms with Gasteiger partial charge in [0.1, 0.15) is 5.82 Å². The molecule has 0 amide bonds. The Hall–Kier alpha value is -2.66. The molecule has 1 fully saturated rings. The van der Waals surface area contributed by atoms with Crippen LogP contribution in [0.2, 0.25) is 0 Å². The Morgan fingerprint density at radius 2 is 1.81 bits per heavy atom. The maximum Gasteiger partial charge on any atom is 0.146 e. The van der Waals surface area contributed by atoms with E-state index in [-0.39, 0.29) is 5.82 Å². The van der Waals surface area contributed by atoms with Gasteiger partial charge in [-0.2, -0.15) is 0 Å². The lowest BCUT2D eigenvalue weighted by atomic mass is 9.96. The molecule has 0 aliphatic carbocycles. The number of allylic oxidation sites excluding steroid dienone is 4. The quantitative estimate of drug-likeness (QED) is 0.320. The van der Waals surface area contributed by atoms with Crippen LogP contribution in [-0.2, 0) is 0 Å². The van der Waals surface area contributed by atoms with Crippen molar-refractivity contribution in [2.75, 3.05) is 38.5 Å². The molecule has 2 heterocycles. The van der Waals surface area contributed by atoms with E-state index >= 15 is 0 Å². The Kier molecular flexibility index (Phi) is 13.4. The number of unbranched alkanes of at least 4 members (excludes halogenated alkanes) is 2. The van der Waals surface area contributed by atoms with Crippen LogP contribution in [0.25, 0.3) is 11.1 Å². The van der Waals surface area contributed by atoms with E-state index < -0.39 is 0 Å². The van der Waals surface area contributed by atoms with Crippen LogP contribution >= 0.6 is 0 Å². The molecule has 0 radical (unpaired) electrons. The minimum atomic E-state index is -0.189. The number of likely N-dealkylation sites (tertiary alicyclic amines) is 1. The fourth-order valence-electron chi connectivity index (χ4n) is 4.34. The first-order valence-corrected chi connectivity index (χ1v) is 14.0. The summed E-state index contributed by atoms with van der Waals surface area (Å²) in [5.74, 6) is 0.421. The van der Waals surface area contributed by atoms with Gasteiger partial charge in [-0.3, -0.25) is 4.98 Å². The molecule has 1 aliphatic heterocycles. The average Bonchev–Trinajstić information content (AvgIpc) is 2.91. The minimum Gasteiger partial charge on any atom is -0.389 e. The highest BCUT2D eigenvalue weighted by Crippen LogP contribution is 2.28. The maximum atomic E-state index is 14.3. The number of hydrogen-bond acceptors (Lipinski definition) is 4. The van der Waals surface area contributed by atoms with Gasteiger partial charge in [-0.25, -0.2) is 4.39 Å². The lowest BCUT2D eigenvalue weighted by Crippen LogP contribution is -2.33. The van der Waals surface area contributed by atoms with Gasteiger partial charge in [0.05, 0.1) is 11.4 Å². The molecule has 5 heteroatoms. The summed E-state index contributed by atoms with van der Waals surface area (Å²) in [4.78, 5) is 6.97. The van der Waals surface area contributed by atoms with Crippen molar-refractivity contribution in [3.63, 3.8) is 0 Å². The maximum absolute atomic E-state index is 14.3. The monoisotopic (exact) mass is 508 g/mol.